The zero-order valence-electron chi connectivity index (χ0n) is 8.25. The Kier molecular flexibility index (Phi) is 2.98. The molecular weight excluding hydrogens is 150 g/mol. The minimum absolute atomic E-state index is 0.0648. The Balaban J connectivity index is 2.71. The number of hydrogen-bond acceptors (Lipinski definition) is 3. The van der Waals surface area contributed by atoms with Crippen molar-refractivity contribution in [3.05, 3.63) is 11.9 Å². The average Bonchev–Trinajstić information content (AvgIpc) is 2.41. The molecule has 1 aliphatic heterocycles. The lowest BCUT2D eigenvalue weighted by Crippen LogP contribution is -2.46. The first-order chi connectivity index (χ1) is 5.74. The van der Waals surface area contributed by atoms with Crippen molar-refractivity contribution in [1.29, 1.82) is 0 Å². The predicted octanol–water partition coefficient (Wildman–Crippen LogP) is 1.14. The topological polar surface area (TPSA) is 32.5 Å². The maximum Gasteiger partial charge on any atom is 0.154 e. The molecular formula is C9H19N3. The Bertz CT molecular complexity index is 177. The highest BCUT2D eigenvalue weighted by molar-refractivity contribution is 5.07. The third kappa shape index (κ3) is 1.41. The molecule has 0 spiro atoms. The van der Waals surface area contributed by atoms with Crippen LogP contribution in [0, 0.1) is 0 Å². The van der Waals surface area contributed by atoms with Crippen LogP contribution in [0.4, 0.5) is 0 Å². The molecule has 1 aliphatic rings. The number of allylic oxidation sites excluding steroid dienone is 1. The Hall–Kier alpha value is -0.700. The molecule has 1 heterocycles. The molecule has 0 radical (unpaired) electrons. The summed E-state index contributed by atoms with van der Waals surface area (Å²) in [6, 6.07) is 0. The largest absolute Gasteiger partial charge is 0.344 e. The fraction of sp³-hybridized carbons (Fsp3) is 0.778. The fourth-order valence-corrected chi connectivity index (χ4v) is 1.65. The highest BCUT2D eigenvalue weighted by Crippen LogP contribution is 2.20. The van der Waals surface area contributed by atoms with Gasteiger partial charge in [0.25, 0.3) is 0 Å². The first-order valence-electron chi connectivity index (χ1n) is 4.73. The van der Waals surface area contributed by atoms with Crippen LogP contribution >= 0.6 is 0 Å². The van der Waals surface area contributed by atoms with Crippen molar-refractivity contribution >= 4 is 0 Å². The fourth-order valence-electron chi connectivity index (χ4n) is 1.65. The second-order valence-corrected chi connectivity index (χ2v) is 3.00. The van der Waals surface area contributed by atoms with E-state index in [2.05, 4.69) is 36.8 Å². The number of nitrogens with two attached hydrogens (primary N) is 1. The summed E-state index contributed by atoms with van der Waals surface area (Å²) in [5.74, 6) is 0. The van der Waals surface area contributed by atoms with Gasteiger partial charge in [0.2, 0.25) is 0 Å². The summed E-state index contributed by atoms with van der Waals surface area (Å²) in [6.45, 7) is 8.42. The molecule has 0 aliphatic carbocycles. The Labute approximate surface area is 74.8 Å². The van der Waals surface area contributed by atoms with E-state index in [1.807, 2.05) is 0 Å². The van der Waals surface area contributed by atoms with Crippen molar-refractivity contribution in [2.45, 2.75) is 33.5 Å². The molecule has 0 amide bonds. The van der Waals surface area contributed by atoms with Gasteiger partial charge in [0.1, 0.15) is 0 Å². The second kappa shape index (κ2) is 3.81. The third-order valence-corrected chi connectivity index (χ3v) is 2.41. The quantitative estimate of drug-likeness (QED) is 0.687. The van der Waals surface area contributed by atoms with E-state index in [0.29, 0.717) is 0 Å². The third-order valence-electron chi connectivity index (χ3n) is 2.41. The van der Waals surface area contributed by atoms with Crippen LogP contribution in [-0.2, 0) is 0 Å². The maximum absolute atomic E-state index is 6.01. The summed E-state index contributed by atoms with van der Waals surface area (Å²) in [7, 11) is 0. The molecule has 2 N–H and O–H groups in total. The normalized spacial score (nSPS) is 23.3. The van der Waals surface area contributed by atoms with E-state index in [4.69, 9.17) is 5.73 Å². The minimum Gasteiger partial charge on any atom is -0.344 e. The van der Waals surface area contributed by atoms with Crippen LogP contribution in [-0.4, -0.2) is 29.2 Å². The van der Waals surface area contributed by atoms with Gasteiger partial charge >= 0.3 is 0 Å². The van der Waals surface area contributed by atoms with Crippen LogP contribution in [0.15, 0.2) is 11.9 Å². The van der Waals surface area contributed by atoms with Gasteiger partial charge in [-0.05, 0) is 20.3 Å². The summed E-state index contributed by atoms with van der Waals surface area (Å²) >= 11 is 0. The van der Waals surface area contributed by atoms with Crippen molar-refractivity contribution in [2.24, 2.45) is 5.73 Å². The van der Waals surface area contributed by atoms with Gasteiger partial charge in [-0.1, -0.05) is 6.92 Å². The standard InChI is InChI=1S/C9H19N3/c1-4-8-7-11(5-2)9(10)12(8)6-3/h7,9H,4-6,10H2,1-3H3. The number of hydrogen-bond donors (Lipinski definition) is 1. The summed E-state index contributed by atoms with van der Waals surface area (Å²) in [4.78, 5) is 4.41. The van der Waals surface area contributed by atoms with E-state index < -0.39 is 0 Å². The van der Waals surface area contributed by atoms with Gasteiger partial charge in [-0.25, -0.2) is 0 Å². The molecule has 3 nitrogen and oxygen atoms in total. The highest BCUT2D eigenvalue weighted by atomic mass is 15.5. The molecule has 12 heavy (non-hydrogen) atoms. The lowest BCUT2D eigenvalue weighted by atomic mass is 10.3. The van der Waals surface area contributed by atoms with E-state index in [1.165, 1.54) is 5.70 Å². The lowest BCUT2D eigenvalue weighted by molar-refractivity contribution is 0.159. The van der Waals surface area contributed by atoms with Gasteiger partial charge in [0.05, 0.1) is 0 Å². The molecule has 0 bridgehead atoms. The first-order valence-corrected chi connectivity index (χ1v) is 4.73. The maximum atomic E-state index is 6.01. The number of rotatable bonds is 3. The molecule has 0 aromatic carbocycles. The van der Waals surface area contributed by atoms with E-state index in [0.717, 1.165) is 19.5 Å². The van der Waals surface area contributed by atoms with E-state index in [9.17, 15) is 0 Å². The summed E-state index contributed by atoms with van der Waals surface area (Å²) in [5, 5.41) is 0. The van der Waals surface area contributed by atoms with Crippen LogP contribution in [0.5, 0.6) is 0 Å². The van der Waals surface area contributed by atoms with Gasteiger partial charge in [-0.15, -0.1) is 0 Å². The zero-order valence-corrected chi connectivity index (χ0v) is 8.25. The Morgan fingerprint density at radius 1 is 1.33 bits per heavy atom. The lowest BCUT2D eigenvalue weighted by Gasteiger charge is -2.29. The molecule has 1 unspecified atom stereocenters. The van der Waals surface area contributed by atoms with Crippen LogP contribution < -0.4 is 5.73 Å². The minimum atomic E-state index is 0.0648. The highest BCUT2D eigenvalue weighted by Gasteiger charge is 2.25. The summed E-state index contributed by atoms with van der Waals surface area (Å²) in [6.07, 6.45) is 3.31. The second-order valence-electron chi connectivity index (χ2n) is 3.00. The molecule has 3 heteroatoms. The Morgan fingerprint density at radius 2 is 2.00 bits per heavy atom. The van der Waals surface area contributed by atoms with Crippen LogP contribution in [0.2, 0.25) is 0 Å². The smallest absolute Gasteiger partial charge is 0.154 e. The monoisotopic (exact) mass is 169 g/mol. The van der Waals surface area contributed by atoms with E-state index >= 15 is 0 Å². The summed E-state index contributed by atoms with van der Waals surface area (Å²) < 4.78 is 0. The first kappa shape index (κ1) is 9.39. The van der Waals surface area contributed by atoms with Crippen molar-refractivity contribution in [1.82, 2.24) is 9.80 Å². The van der Waals surface area contributed by atoms with Crippen molar-refractivity contribution in [2.75, 3.05) is 13.1 Å². The summed E-state index contributed by atoms with van der Waals surface area (Å²) in [5.41, 5.74) is 7.36. The van der Waals surface area contributed by atoms with Crippen molar-refractivity contribution in [3.8, 4) is 0 Å². The van der Waals surface area contributed by atoms with Crippen LogP contribution in [0.25, 0.3) is 0 Å². The van der Waals surface area contributed by atoms with Gasteiger partial charge in [0.15, 0.2) is 6.29 Å². The number of nitrogens with zero attached hydrogens (tertiary/aromatic N) is 2. The van der Waals surface area contributed by atoms with Crippen LogP contribution in [0.3, 0.4) is 0 Å². The predicted molar refractivity (Wildman–Crippen MR) is 51.1 cm³/mol. The molecule has 0 fully saturated rings. The van der Waals surface area contributed by atoms with E-state index in [-0.39, 0.29) is 6.29 Å². The zero-order chi connectivity index (χ0) is 9.14. The molecule has 1 rings (SSSR count). The van der Waals surface area contributed by atoms with Gasteiger partial charge in [-0.3, -0.25) is 5.73 Å². The van der Waals surface area contributed by atoms with Gasteiger partial charge in [-0.2, -0.15) is 0 Å². The van der Waals surface area contributed by atoms with Crippen molar-refractivity contribution < 1.29 is 0 Å². The molecule has 0 aromatic heterocycles. The van der Waals surface area contributed by atoms with Crippen molar-refractivity contribution in [3.63, 3.8) is 0 Å². The average molecular weight is 169 g/mol. The molecule has 0 saturated carbocycles. The molecule has 1 atom stereocenters. The molecule has 70 valence electrons. The molecule has 0 saturated heterocycles. The molecule has 0 aromatic rings. The van der Waals surface area contributed by atoms with Gasteiger partial charge in [0, 0.05) is 25.0 Å². The van der Waals surface area contributed by atoms with E-state index in [1.54, 1.807) is 0 Å². The van der Waals surface area contributed by atoms with Gasteiger partial charge < -0.3 is 9.80 Å². The Morgan fingerprint density at radius 3 is 2.33 bits per heavy atom. The SMILES string of the molecule is CCC1=CN(CC)C(N)N1CC. The van der Waals surface area contributed by atoms with Crippen LogP contribution in [0.1, 0.15) is 27.2 Å².